The van der Waals surface area contributed by atoms with Gasteiger partial charge in [0.05, 0.1) is 10.6 Å². The van der Waals surface area contributed by atoms with Crippen LogP contribution in [0, 0.1) is 13.8 Å². The fourth-order valence-corrected chi connectivity index (χ4v) is 5.83. The van der Waals surface area contributed by atoms with E-state index in [1.807, 2.05) is 58.0 Å². The van der Waals surface area contributed by atoms with Crippen LogP contribution >= 0.6 is 15.9 Å². The molecule has 0 fully saturated rings. The van der Waals surface area contributed by atoms with Crippen molar-refractivity contribution in [3.8, 4) is 0 Å². The molecule has 0 bridgehead atoms. The van der Waals surface area contributed by atoms with Gasteiger partial charge >= 0.3 is 0 Å². The summed E-state index contributed by atoms with van der Waals surface area (Å²) in [5.41, 5.74) is 2.90. The van der Waals surface area contributed by atoms with E-state index >= 15 is 0 Å². The number of benzene rings is 3. The van der Waals surface area contributed by atoms with Gasteiger partial charge in [-0.3, -0.25) is 13.9 Å². The first kappa shape index (κ1) is 30.4. The zero-order valence-electron chi connectivity index (χ0n) is 23.0. The molecular weight excluding hydrogens is 578 g/mol. The molecule has 0 unspecified atom stereocenters. The Bertz CT molecular complexity index is 1400. The summed E-state index contributed by atoms with van der Waals surface area (Å²) in [6.07, 6.45) is 0.745. The number of hydrogen-bond donors (Lipinski definition) is 1. The summed E-state index contributed by atoms with van der Waals surface area (Å²) in [6, 6.07) is 20.0. The maximum atomic E-state index is 14.0. The second-order valence-electron chi connectivity index (χ2n) is 9.69. The topological polar surface area (TPSA) is 86.8 Å². The lowest BCUT2D eigenvalue weighted by Crippen LogP contribution is -2.52. The van der Waals surface area contributed by atoms with Crippen molar-refractivity contribution < 1.29 is 18.0 Å². The summed E-state index contributed by atoms with van der Waals surface area (Å²) in [5.74, 6) is -0.774. The van der Waals surface area contributed by atoms with Gasteiger partial charge in [-0.1, -0.05) is 65.3 Å². The van der Waals surface area contributed by atoms with E-state index in [-0.39, 0.29) is 23.4 Å². The number of anilines is 1. The van der Waals surface area contributed by atoms with Crippen LogP contribution in [0.25, 0.3) is 0 Å². The molecule has 2 amide bonds. The van der Waals surface area contributed by atoms with Crippen molar-refractivity contribution in [3.05, 3.63) is 94.0 Å². The minimum Gasteiger partial charge on any atom is -0.352 e. The third-order valence-corrected chi connectivity index (χ3v) is 9.19. The molecule has 0 spiro atoms. The minimum atomic E-state index is -4.09. The fourth-order valence-electron chi connectivity index (χ4n) is 4.07. The van der Waals surface area contributed by atoms with Crippen molar-refractivity contribution in [2.75, 3.05) is 10.8 Å². The molecule has 3 rings (SSSR count). The van der Waals surface area contributed by atoms with Gasteiger partial charge in [0.15, 0.2) is 0 Å². The Morgan fingerprint density at radius 1 is 0.923 bits per heavy atom. The van der Waals surface area contributed by atoms with Gasteiger partial charge in [-0.25, -0.2) is 8.42 Å². The molecule has 3 aromatic rings. The van der Waals surface area contributed by atoms with Crippen molar-refractivity contribution in [1.29, 1.82) is 0 Å². The van der Waals surface area contributed by atoms with E-state index in [4.69, 9.17) is 0 Å². The maximum absolute atomic E-state index is 14.0. The third kappa shape index (κ3) is 7.48. The van der Waals surface area contributed by atoms with E-state index in [1.165, 1.54) is 17.0 Å². The van der Waals surface area contributed by atoms with Crippen LogP contribution in [-0.2, 0) is 26.2 Å². The summed E-state index contributed by atoms with van der Waals surface area (Å²) in [5, 5.41) is 2.95. The summed E-state index contributed by atoms with van der Waals surface area (Å²) >= 11 is 3.42. The molecule has 208 valence electrons. The Labute approximate surface area is 240 Å². The molecule has 39 heavy (non-hydrogen) atoms. The Hall–Kier alpha value is -3.17. The predicted octanol–water partition coefficient (Wildman–Crippen LogP) is 5.59. The van der Waals surface area contributed by atoms with E-state index in [9.17, 15) is 18.0 Å². The van der Waals surface area contributed by atoms with Crippen LogP contribution < -0.4 is 9.62 Å². The van der Waals surface area contributed by atoms with Crippen molar-refractivity contribution in [2.45, 2.75) is 64.6 Å². The van der Waals surface area contributed by atoms with Crippen molar-refractivity contribution in [2.24, 2.45) is 0 Å². The summed E-state index contributed by atoms with van der Waals surface area (Å²) < 4.78 is 29.9. The van der Waals surface area contributed by atoms with Crippen LogP contribution in [-0.4, -0.2) is 43.8 Å². The molecule has 0 saturated heterocycles. The summed E-state index contributed by atoms with van der Waals surface area (Å²) in [7, 11) is -4.09. The van der Waals surface area contributed by atoms with Gasteiger partial charge in [0.2, 0.25) is 11.8 Å². The number of halogens is 1. The molecule has 3 aromatic carbocycles. The van der Waals surface area contributed by atoms with Gasteiger partial charge < -0.3 is 10.2 Å². The average molecular weight is 615 g/mol. The van der Waals surface area contributed by atoms with Crippen LogP contribution in [0.3, 0.4) is 0 Å². The second-order valence-corrected chi connectivity index (χ2v) is 12.5. The van der Waals surface area contributed by atoms with Crippen LogP contribution in [0.1, 0.15) is 43.9 Å². The molecule has 0 aliphatic heterocycles. The van der Waals surface area contributed by atoms with Crippen LogP contribution in [0.15, 0.2) is 82.2 Å². The first-order chi connectivity index (χ1) is 18.4. The van der Waals surface area contributed by atoms with Crippen molar-refractivity contribution in [3.63, 3.8) is 0 Å². The lowest BCUT2D eigenvalue weighted by molar-refractivity contribution is -0.139. The SMILES string of the molecule is CC[C@@H](C)NC(=O)[C@H](C)N(Cc1ccc(Br)cc1)C(=O)CN(c1cccc(C)c1C)S(=O)(=O)c1ccccc1. The number of aryl methyl sites for hydroxylation is 1. The maximum Gasteiger partial charge on any atom is 0.264 e. The Balaban J connectivity index is 2.05. The first-order valence-electron chi connectivity index (χ1n) is 12.9. The van der Waals surface area contributed by atoms with E-state index in [1.54, 1.807) is 37.3 Å². The smallest absolute Gasteiger partial charge is 0.264 e. The van der Waals surface area contributed by atoms with Crippen molar-refractivity contribution >= 4 is 43.5 Å². The predicted molar refractivity (Wildman–Crippen MR) is 159 cm³/mol. The molecule has 1 N–H and O–H groups in total. The van der Waals surface area contributed by atoms with Gasteiger partial charge in [-0.15, -0.1) is 0 Å². The number of amides is 2. The zero-order chi connectivity index (χ0) is 28.7. The number of sulfonamides is 1. The third-order valence-electron chi connectivity index (χ3n) is 6.89. The molecule has 0 aliphatic carbocycles. The monoisotopic (exact) mass is 613 g/mol. The van der Waals surface area contributed by atoms with Crippen molar-refractivity contribution in [1.82, 2.24) is 10.2 Å². The van der Waals surface area contributed by atoms with Gasteiger partial charge in [0.1, 0.15) is 12.6 Å². The van der Waals surface area contributed by atoms with Crippen LogP contribution in [0.2, 0.25) is 0 Å². The number of nitrogens with zero attached hydrogens (tertiary/aromatic N) is 2. The molecule has 0 heterocycles. The summed E-state index contributed by atoms with van der Waals surface area (Å²) in [4.78, 5) is 28.7. The Kier molecular flexibility index (Phi) is 10.3. The highest BCUT2D eigenvalue weighted by Gasteiger charge is 2.33. The molecule has 0 radical (unpaired) electrons. The van der Waals surface area contributed by atoms with E-state index < -0.39 is 28.5 Å². The number of nitrogens with one attached hydrogen (secondary N) is 1. The number of hydrogen-bond acceptors (Lipinski definition) is 4. The molecule has 2 atom stereocenters. The minimum absolute atomic E-state index is 0.0607. The highest BCUT2D eigenvalue weighted by Crippen LogP contribution is 2.29. The molecule has 0 aromatic heterocycles. The molecular formula is C30H36BrN3O4S. The van der Waals surface area contributed by atoms with Gasteiger partial charge in [0.25, 0.3) is 10.0 Å². The largest absolute Gasteiger partial charge is 0.352 e. The number of rotatable bonds is 11. The summed E-state index contributed by atoms with van der Waals surface area (Å²) in [6.45, 7) is 8.96. The molecule has 0 aliphatic rings. The highest BCUT2D eigenvalue weighted by molar-refractivity contribution is 9.10. The Morgan fingerprint density at radius 3 is 2.18 bits per heavy atom. The second kappa shape index (κ2) is 13.3. The highest BCUT2D eigenvalue weighted by atomic mass is 79.9. The van der Waals surface area contributed by atoms with E-state index in [2.05, 4.69) is 21.2 Å². The van der Waals surface area contributed by atoms with Crippen LogP contribution in [0.4, 0.5) is 5.69 Å². The number of carbonyl (C=O) groups excluding carboxylic acids is 2. The van der Waals surface area contributed by atoms with Crippen LogP contribution in [0.5, 0.6) is 0 Å². The van der Waals surface area contributed by atoms with E-state index in [0.29, 0.717) is 5.69 Å². The normalized spacial score (nSPS) is 12.9. The fraction of sp³-hybridized carbons (Fsp3) is 0.333. The molecule has 9 heteroatoms. The van der Waals surface area contributed by atoms with Gasteiger partial charge in [-0.2, -0.15) is 0 Å². The average Bonchev–Trinajstić information content (AvgIpc) is 2.92. The quantitative estimate of drug-likeness (QED) is 0.305. The first-order valence-corrected chi connectivity index (χ1v) is 15.2. The van der Waals surface area contributed by atoms with Gasteiger partial charge in [0, 0.05) is 17.1 Å². The van der Waals surface area contributed by atoms with Gasteiger partial charge in [-0.05, 0) is 81.1 Å². The molecule has 0 saturated carbocycles. The molecule has 7 nitrogen and oxygen atoms in total. The Morgan fingerprint density at radius 2 is 1.56 bits per heavy atom. The zero-order valence-corrected chi connectivity index (χ0v) is 25.4. The standard InChI is InChI=1S/C30H36BrN3O4S/c1-6-22(3)32-30(36)24(5)33(19-25-15-17-26(31)18-16-25)29(35)20-34(28-14-10-11-21(2)23(28)4)39(37,38)27-12-8-7-9-13-27/h7-18,22,24H,6,19-20H2,1-5H3,(H,32,36)/t22-,24+/m1/s1. The lowest BCUT2D eigenvalue weighted by atomic mass is 10.1. The van der Waals surface area contributed by atoms with E-state index in [0.717, 1.165) is 31.9 Å². The number of carbonyl (C=O) groups is 2. The lowest BCUT2D eigenvalue weighted by Gasteiger charge is -2.33.